The maximum atomic E-state index is 2.61. The van der Waals surface area contributed by atoms with Crippen molar-refractivity contribution in [2.75, 3.05) is 13.1 Å². The summed E-state index contributed by atoms with van der Waals surface area (Å²) < 4.78 is 0. The van der Waals surface area contributed by atoms with E-state index in [0.717, 1.165) is 6.04 Å². The summed E-state index contributed by atoms with van der Waals surface area (Å²) in [5, 5.41) is 0. The van der Waals surface area contributed by atoms with E-state index < -0.39 is 0 Å². The third-order valence-corrected chi connectivity index (χ3v) is 2.63. The highest BCUT2D eigenvalue weighted by atomic mass is 79.9. The molecule has 0 radical (unpaired) electrons. The molecule has 1 unspecified atom stereocenters. The molecule has 0 amide bonds. The number of rotatable bonds is 2. The number of hydrogen-bond acceptors (Lipinski definition) is 1. The van der Waals surface area contributed by atoms with Crippen molar-refractivity contribution >= 4 is 17.0 Å². The lowest BCUT2D eigenvalue weighted by molar-refractivity contribution is 0.152. The molecule has 2 heteroatoms. The van der Waals surface area contributed by atoms with Crippen LogP contribution in [0.3, 0.4) is 0 Å². The molecule has 0 aliphatic carbocycles. The number of hydrogen-bond donors (Lipinski definition) is 0. The monoisotopic (exact) mass is 221 g/mol. The summed E-state index contributed by atoms with van der Waals surface area (Å²) >= 11 is 0. The lowest BCUT2D eigenvalue weighted by Gasteiger charge is -2.34. The van der Waals surface area contributed by atoms with E-state index in [4.69, 9.17) is 0 Å². The van der Waals surface area contributed by atoms with Crippen molar-refractivity contribution in [1.29, 1.82) is 0 Å². The third-order valence-electron chi connectivity index (χ3n) is 2.63. The fourth-order valence-electron chi connectivity index (χ4n) is 1.94. The van der Waals surface area contributed by atoms with Gasteiger partial charge in [-0.05, 0) is 32.4 Å². The van der Waals surface area contributed by atoms with Gasteiger partial charge < -0.3 is 4.90 Å². The Hall–Kier alpha value is 0.440. The Morgan fingerprint density at radius 1 is 1.27 bits per heavy atom. The largest absolute Gasteiger partial charge is 0.301 e. The van der Waals surface area contributed by atoms with Gasteiger partial charge in [0.2, 0.25) is 0 Å². The smallest absolute Gasteiger partial charge is 0.00925 e. The summed E-state index contributed by atoms with van der Waals surface area (Å²) in [6, 6.07) is 0.902. The van der Waals surface area contributed by atoms with E-state index in [1.165, 1.54) is 38.8 Å². The molecule has 11 heavy (non-hydrogen) atoms. The van der Waals surface area contributed by atoms with Crippen LogP contribution in [-0.4, -0.2) is 24.0 Å². The summed E-state index contributed by atoms with van der Waals surface area (Å²) in [5.74, 6) is 0. The van der Waals surface area contributed by atoms with Crippen LogP contribution in [0.2, 0.25) is 0 Å². The predicted molar refractivity (Wildman–Crippen MR) is 55.5 cm³/mol. The van der Waals surface area contributed by atoms with Crippen molar-refractivity contribution in [2.45, 2.75) is 45.6 Å². The van der Waals surface area contributed by atoms with E-state index in [0.29, 0.717) is 0 Å². The van der Waals surface area contributed by atoms with Crippen molar-refractivity contribution in [3.8, 4) is 0 Å². The summed E-state index contributed by atoms with van der Waals surface area (Å²) in [6.07, 6.45) is 5.65. The minimum Gasteiger partial charge on any atom is -0.301 e. The number of likely N-dealkylation sites (tertiary alicyclic amines) is 1. The Kier molecular flexibility index (Phi) is 6.25. The van der Waals surface area contributed by atoms with Gasteiger partial charge in [-0.15, -0.1) is 17.0 Å². The van der Waals surface area contributed by atoms with Gasteiger partial charge in [-0.2, -0.15) is 0 Å². The molecule has 0 saturated carbocycles. The van der Waals surface area contributed by atoms with Gasteiger partial charge in [0.05, 0.1) is 0 Å². The predicted octanol–water partition coefficient (Wildman–Crippen LogP) is 2.85. The Balaban J connectivity index is 0.000001000. The number of piperidine rings is 1. The SMILES string of the molecule is Br.CCC1CCCCN1CC. The lowest BCUT2D eigenvalue weighted by atomic mass is 10.0. The highest BCUT2D eigenvalue weighted by Crippen LogP contribution is 2.18. The molecule has 1 saturated heterocycles. The average Bonchev–Trinajstić information content (AvgIpc) is 2.04. The van der Waals surface area contributed by atoms with Crippen LogP contribution in [-0.2, 0) is 0 Å². The van der Waals surface area contributed by atoms with Crippen molar-refractivity contribution in [2.24, 2.45) is 0 Å². The maximum Gasteiger partial charge on any atom is 0.00925 e. The molecule has 1 rings (SSSR count). The van der Waals surface area contributed by atoms with Crippen LogP contribution in [0.1, 0.15) is 39.5 Å². The Morgan fingerprint density at radius 2 is 2.00 bits per heavy atom. The van der Waals surface area contributed by atoms with Gasteiger partial charge in [-0.1, -0.05) is 20.3 Å². The molecule has 0 aromatic rings. The second kappa shape index (κ2) is 6.01. The van der Waals surface area contributed by atoms with E-state index in [-0.39, 0.29) is 17.0 Å². The zero-order chi connectivity index (χ0) is 7.40. The van der Waals surface area contributed by atoms with Crippen LogP contribution in [0.5, 0.6) is 0 Å². The van der Waals surface area contributed by atoms with Crippen LogP contribution in [0, 0.1) is 0 Å². The van der Waals surface area contributed by atoms with E-state index in [9.17, 15) is 0 Å². The first kappa shape index (κ1) is 11.4. The van der Waals surface area contributed by atoms with E-state index >= 15 is 0 Å². The zero-order valence-electron chi connectivity index (χ0n) is 7.68. The lowest BCUT2D eigenvalue weighted by Crippen LogP contribution is -2.38. The van der Waals surface area contributed by atoms with E-state index in [1.54, 1.807) is 0 Å². The first-order chi connectivity index (χ1) is 4.88. The molecule has 1 heterocycles. The molecule has 1 aliphatic heterocycles. The Bertz CT molecular complexity index is 83.6. The topological polar surface area (TPSA) is 3.24 Å². The second-order valence-corrected chi connectivity index (χ2v) is 3.19. The Labute approximate surface area is 80.9 Å². The van der Waals surface area contributed by atoms with Crippen molar-refractivity contribution < 1.29 is 0 Å². The molecule has 0 aromatic heterocycles. The van der Waals surface area contributed by atoms with Crippen LogP contribution in [0.15, 0.2) is 0 Å². The summed E-state index contributed by atoms with van der Waals surface area (Å²) in [7, 11) is 0. The molecule has 1 aliphatic rings. The molecule has 0 N–H and O–H groups in total. The minimum absolute atomic E-state index is 0. The molecule has 1 atom stereocenters. The zero-order valence-corrected chi connectivity index (χ0v) is 9.39. The van der Waals surface area contributed by atoms with Crippen LogP contribution in [0.25, 0.3) is 0 Å². The maximum absolute atomic E-state index is 2.61. The van der Waals surface area contributed by atoms with Gasteiger partial charge in [-0.25, -0.2) is 0 Å². The molecule has 1 nitrogen and oxygen atoms in total. The molecule has 68 valence electrons. The van der Waals surface area contributed by atoms with Crippen molar-refractivity contribution in [3.05, 3.63) is 0 Å². The molecule has 0 aromatic carbocycles. The summed E-state index contributed by atoms with van der Waals surface area (Å²) in [6.45, 7) is 7.17. The summed E-state index contributed by atoms with van der Waals surface area (Å²) in [4.78, 5) is 2.61. The van der Waals surface area contributed by atoms with Gasteiger partial charge in [-0.3, -0.25) is 0 Å². The van der Waals surface area contributed by atoms with Crippen LogP contribution < -0.4 is 0 Å². The van der Waals surface area contributed by atoms with Crippen LogP contribution >= 0.6 is 17.0 Å². The second-order valence-electron chi connectivity index (χ2n) is 3.19. The highest BCUT2D eigenvalue weighted by molar-refractivity contribution is 8.93. The number of nitrogens with zero attached hydrogens (tertiary/aromatic N) is 1. The standard InChI is InChI=1S/C9H19N.BrH/c1-3-9-7-5-6-8-10(9)4-2;/h9H,3-8H2,1-2H3;1H. The van der Waals surface area contributed by atoms with Crippen LogP contribution in [0.4, 0.5) is 0 Å². The van der Waals surface area contributed by atoms with Gasteiger partial charge in [0.1, 0.15) is 0 Å². The fourth-order valence-corrected chi connectivity index (χ4v) is 1.94. The molecule has 0 bridgehead atoms. The van der Waals surface area contributed by atoms with Gasteiger partial charge >= 0.3 is 0 Å². The van der Waals surface area contributed by atoms with Crippen molar-refractivity contribution in [3.63, 3.8) is 0 Å². The van der Waals surface area contributed by atoms with Gasteiger partial charge in [0.25, 0.3) is 0 Å². The highest BCUT2D eigenvalue weighted by Gasteiger charge is 2.17. The summed E-state index contributed by atoms with van der Waals surface area (Å²) in [5.41, 5.74) is 0. The Morgan fingerprint density at radius 3 is 2.45 bits per heavy atom. The van der Waals surface area contributed by atoms with Gasteiger partial charge in [0, 0.05) is 6.04 Å². The first-order valence-electron chi connectivity index (χ1n) is 4.62. The first-order valence-corrected chi connectivity index (χ1v) is 4.62. The molecular weight excluding hydrogens is 202 g/mol. The molecular formula is C9H20BrN. The normalized spacial score (nSPS) is 26.2. The molecule has 1 fully saturated rings. The van der Waals surface area contributed by atoms with E-state index in [2.05, 4.69) is 18.7 Å². The quantitative estimate of drug-likeness (QED) is 0.694. The average molecular weight is 222 g/mol. The van der Waals surface area contributed by atoms with E-state index in [1.807, 2.05) is 0 Å². The minimum atomic E-state index is 0. The third kappa shape index (κ3) is 3.12. The molecule has 0 spiro atoms. The van der Waals surface area contributed by atoms with Gasteiger partial charge in [0.15, 0.2) is 0 Å². The fraction of sp³-hybridized carbons (Fsp3) is 1.00. The van der Waals surface area contributed by atoms with Crippen molar-refractivity contribution in [1.82, 2.24) is 4.90 Å². The number of halogens is 1.